The molecule has 0 bridgehead atoms. The number of likely N-dealkylation sites (N-methyl/N-ethyl adjacent to an activating group) is 1. The van der Waals surface area contributed by atoms with Gasteiger partial charge in [-0.15, -0.1) is 0 Å². The number of ether oxygens (including phenoxy) is 1. The van der Waals surface area contributed by atoms with Crippen LogP contribution < -0.4 is 0 Å². The second-order valence-corrected chi connectivity index (χ2v) is 11.3. The number of carbonyl (C=O) groups excluding carboxylic acids is 1. The number of aromatic nitrogens is 3. The molecule has 5 rings (SSSR count). The number of pyridine rings is 1. The van der Waals surface area contributed by atoms with E-state index in [1.807, 2.05) is 19.0 Å². The number of amides is 1. The summed E-state index contributed by atoms with van der Waals surface area (Å²) in [7, 11) is 5.34. The average Bonchev–Trinajstić information content (AvgIpc) is 3.52. The molecule has 1 unspecified atom stereocenters. The number of nitrogens with zero attached hydrogens (tertiary/aromatic N) is 5. The van der Waals surface area contributed by atoms with Crippen molar-refractivity contribution >= 4 is 29.1 Å². The van der Waals surface area contributed by atoms with Crippen molar-refractivity contribution in [2.75, 3.05) is 27.7 Å². The SMILES string of the molecule is CO[C@]1(c2ccc(Cl)cc2)c2c(F)cc(C(C)(O)c3cnn(CCN(C)C)c3)cc2C(=O)N1Cc1ccc(Cl)cn1. The number of benzene rings is 2. The number of rotatable bonds is 9. The van der Waals surface area contributed by atoms with Gasteiger partial charge in [-0.25, -0.2) is 4.39 Å². The Kier molecular flexibility index (Phi) is 7.93. The minimum Gasteiger partial charge on any atom is -0.381 e. The quantitative estimate of drug-likeness (QED) is 0.291. The third-order valence-corrected chi connectivity index (χ3v) is 7.93. The van der Waals surface area contributed by atoms with Gasteiger partial charge in [-0.1, -0.05) is 35.3 Å². The number of methoxy groups -OCH3 is 1. The van der Waals surface area contributed by atoms with Crippen LogP contribution in [-0.2, 0) is 29.2 Å². The Morgan fingerprint density at radius 1 is 1.07 bits per heavy atom. The Balaban J connectivity index is 1.63. The Hall–Kier alpha value is -3.34. The zero-order valence-electron chi connectivity index (χ0n) is 23.1. The van der Waals surface area contributed by atoms with Crippen molar-refractivity contribution in [2.45, 2.75) is 31.3 Å². The molecule has 214 valence electrons. The van der Waals surface area contributed by atoms with Crippen LogP contribution in [0, 0.1) is 5.82 Å². The van der Waals surface area contributed by atoms with Gasteiger partial charge in [-0.05, 0) is 63.0 Å². The Bertz CT molecular complexity index is 1570. The van der Waals surface area contributed by atoms with Crippen LogP contribution in [0.25, 0.3) is 0 Å². The van der Waals surface area contributed by atoms with Gasteiger partial charge in [-0.2, -0.15) is 5.10 Å². The minimum atomic E-state index is -1.63. The molecule has 1 aliphatic heterocycles. The normalized spacial score (nSPS) is 18.2. The van der Waals surface area contributed by atoms with E-state index in [0.29, 0.717) is 33.4 Å². The lowest BCUT2D eigenvalue weighted by molar-refractivity contribution is -0.0886. The van der Waals surface area contributed by atoms with E-state index in [-0.39, 0.29) is 23.2 Å². The molecule has 0 aliphatic carbocycles. The van der Waals surface area contributed by atoms with E-state index in [2.05, 4.69) is 10.1 Å². The summed E-state index contributed by atoms with van der Waals surface area (Å²) in [4.78, 5) is 21.9. The molecule has 41 heavy (non-hydrogen) atoms. The van der Waals surface area contributed by atoms with Gasteiger partial charge in [0.05, 0.1) is 41.1 Å². The molecule has 0 radical (unpaired) electrons. The fourth-order valence-corrected chi connectivity index (χ4v) is 5.42. The predicted molar refractivity (Wildman–Crippen MR) is 154 cm³/mol. The van der Waals surface area contributed by atoms with E-state index in [1.165, 1.54) is 30.3 Å². The maximum absolute atomic E-state index is 16.3. The van der Waals surface area contributed by atoms with Crippen LogP contribution in [0.3, 0.4) is 0 Å². The third kappa shape index (κ3) is 5.24. The van der Waals surface area contributed by atoms with E-state index < -0.39 is 23.1 Å². The van der Waals surface area contributed by atoms with Crippen molar-refractivity contribution in [1.82, 2.24) is 24.6 Å². The highest BCUT2D eigenvalue weighted by Gasteiger charge is 2.54. The maximum Gasteiger partial charge on any atom is 0.257 e. The van der Waals surface area contributed by atoms with Crippen molar-refractivity contribution in [3.63, 3.8) is 0 Å². The number of carbonyl (C=O) groups is 1. The molecule has 2 atom stereocenters. The second kappa shape index (κ2) is 11.2. The molecule has 1 N–H and O–H groups in total. The number of hydrogen-bond donors (Lipinski definition) is 1. The standard InChI is InChI=1S/C30H30Cl2FN5O3/c1-29(40,21-15-35-37(17-21)12-11-36(2)3)20-13-25-27(26(33)14-20)30(41-4,19-5-7-22(31)8-6-19)38(28(25)39)18-24-10-9-23(32)16-34-24/h5-10,13-17,40H,11-12,18H2,1-4H3/t29?,30-/m1/s1. The molecule has 0 saturated carbocycles. The van der Waals surface area contributed by atoms with Gasteiger partial charge in [0.2, 0.25) is 0 Å². The van der Waals surface area contributed by atoms with E-state index in [9.17, 15) is 9.90 Å². The van der Waals surface area contributed by atoms with Crippen LogP contribution in [0.1, 0.15) is 45.2 Å². The predicted octanol–water partition coefficient (Wildman–Crippen LogP) is 5.04. The van der Waals surface area contributed by atoms with Crippen molar-refractivity contribution in [3.8, 4) is 0 Å². The summed E-state index contributed by atoms with van der Waals surface area (Å²) >= 11 is 12.2. The smallest absolute Gasteiger partial charge is 0.257 e. The third-order valence-electron chi connectivity index (χ3n) is 7.46. The monoisotopic (exact) mass is 597 g/mol. The zero-order chi connectivity index (χ0) is 29.5. The van der Waals surface area contributed by atoms with Crippen LogP contribution in [0.5, 0.6) is 0 Å². The highest BCUT2D eigenvalue weighted by atomic mass is 35.5. The second-order valence-electron chi connectivity index (χ2n) is 10.5. The maximum atomic E-state index is 16.3. The Labute approximate surface area is 247 Å². The molecule has 0 fully saturated rings. The van der Waals surface area contributed by atoms with E-state index in [0.717, 1.165) is 6.54 Å². The van der Waals surface area contributed by atoms with Crippen LogP contribution in [-0.4, -0.2) is 63.3 Å². The molecule has 1 aliphatic rings. The summed E-state index contributed by atoms with van der Waals surface area (Å²) in [6.07, 6.45) is 4.76. The van der Waals surface area contributed by atoms with E-state index in [1.54, 1.807) is 60.4 Å². The Morgan fingerprint density at radius 2 is 1.78 bits per heavy atom. The van der Waals surface area contributed by atoms with Crippen LogP contribution in [0.15, 0.2) is 67.1 Å². The molecule has 2 aromatic heterocycles. The van der Waals surface area contributed by atoms with Gasteiger partial charge in [0.25, 0.3) is 5.91 Å². The number of hydrogen-bond acceptors (Lipinski definition) is 6. The molecule has 8 nitrogen and oxygen atoms in total. The topological polar surface area (TPSA) is 83.7 Å². The van der Waals surface area contributed by atoms with E-state index >= 15 is 4.39 Å². The summed E-state index contributed by atoms with van der Waals surface area (Å²) < 4.78 is 24.1. The Morgan fingerprint density at radius 3 is 2.41 bits per heavy atom. The van der Waals surface area contributed by atoms with Gasteiger partial charge < -0.3 is 14.7 Å². The van der Waals surface area contributed by atoms with Crippen LogP contribution >= 0.6 is 23.2 Å². The summed E-state index contributed by atoms with van der Waals surface area (Å²) in [5, 5.41) is 16.9. The molecule has 0 spiro atoms. The summed E-state index contributed by atoms with van der Waals surface area (Å²) in [6.45, 7) is 2.93. The molecule has 1 amide bonds. The molecular weight excluding hydrogens is 568 g/mol. The van der Waals surface area contributed by atoms with Crippen LogP contribution in [0.2, 0.25) is 10.0 Å². The molecular formula is C30H30Cl2FN5O3. The van der Waals surface area contributed by atoms with Crippen molar-refractivity contribution in [3.05, 3.63) is 116 Å². The number of fused-ring (bicyclic) bond motifs is 1. The lowest BCUT2D eigenvalue weighted by Gasteiger charge is -2.38. The van der Waals surface area contributed by atoms with Crippen LogP contribution in [0.4, 0.5) is 4.39 Å². The highest BCUT2D eigenvalue weighted by molar-refractivity contribution is 6.30. The van der Waals surface area contributed by atoms with Crippen molar-refractivity contribution in [1.29, 1.82) is 0 Å². The number of aliphatic hydroxyl groups is 1. The van der Waals surface area contributed by atoms with Gasteiger partial charge >= 0.3 is 0 Å². The first kappa shape index (κ1) is 29.2. The van der Waals surface area contributed by atoms with E-state index in [4.69, 9.17) is 27.9 Å². The number of halogens is 3. The zero-order valence-corrected chi connectivity index (χ0v) is 24.6. The fourth-order valence-electron chi connectivity index (χ4n) is 5.18. The average molecular weight is 599 g/mol. The summed E-state index contributed by atoms with van der Waals surface area (Å²) in [5.74, 6) is -1.18. The first-order chi connectivity index (χ1) is 19.5. The van der Waals surface area contributed by atoms with Gasteiger partial charge in [0.15, 0.2) is 5.72 Å². The molecule has 3 heterocycles. The first-order valence-electron chi connectivity index (χ1n) is 13.0. The van der Waals surface area contributed by atoms with Crippen molar-refractivity contribution in [2.24, 2.45) is 0 Å². The lowest BCUT2D eigenvalue weighted by Crippen LogP contribution is -2.46. The van der Waals surface area contributed by atoms with Crippen molar-refractivity contribution < 1.29 is 19.0 Å². The van der Waals surface area contributed by atoms with Gasteiger partial charge in [-0.3, -0.25) is 19.4 Å². The largest absolute Gasteiger partial charge is 0.381 e. The minimum absolute atomic E-state index is 0.00492. The summed E-state index contributed by atoms with van der Waals surface area (Å²) in [5.41, 5.74) is -1.42. The first-order valence-corrected chi connectivity index (χ1v) is 13.7. The fraction of sp³-hybridized carbons (Fsp3) is 0.300. The van der Waals surface area contributed by atoms with Gasteiger partial charge in [0, 0.05) is 42.2 Å². The highest BCUT2D eigenvalue weighted by Crippen LogP contribution is 2.48. The molecule has 0 saturated heterocycles. The van der Waals surface area contributed by atoms with Gasteiger partial charge in [0.1, 0.15) is 11.4 Å². The summed E-state index contributed by atoms with van der Waals surface area (Å²) in [6, 6.07) is 12.8. The molecule has 4 aromatic rings. The lowest BCUT2D eigenvalue weighted by atomic mass is 9.85. The molecule has 11 heteroatoms. The molecule has 2 aromatic carbocycles.